The van der Waals surface area contributed by atoms with E-state index in [2.05, 4.69) is 0 Å². The van der Waals surface area contributed by atoms with E-state index in [1.807, 2.05) is 0 Å². The molecule has 4 heavy (non-hydrogen) atoms. The topological polar surface area (TPSA) is 0 Å². The van der Waals surface area contributed by atoms with E-state index in [9.17, 15) is 0 Å². The second-order valence-corrected chi connectivity index (χ2v) is 0. The van der Waals surface area contributed by atoms with Gasteiger partial charge in [-0.1, -0.05) is 0 Å². The van der Waals surface area contributed by atoms with E-state index in [0.29, 0.717) is 0 Å². The van der Waals surface area contributed by atoms with Crippen LogP contribution in [0.15, 0.2) is 0 Å². The van der Waals surface area contributed by atoms with Gasteiger partial charge in [-0.05, 0) is 0 Å². The normalized spacial score (nSPS) is 0. The van der Waals surface area contributed by atoms with Gasteiger partial charge in [-0.2, -0.15) is 0 Å². The Balaban J connectivity index is 0. The van der Waals surface area contributed by atoms with E-state index in [4.69, 9.17) is 0 Å². The Labute approximate surface area is 75.1 Å². The minimum atomic E-state index is 0. The number of hydrogen-bond donors (Lipinski definition) is 0. The van der Waals surface area contributed by atoms with Crippen LogP contribution in [0.1, 0.15) is 0 Å². The molecular formula is H5FLiMgNa. The van der Waals surface area contributed by atoms with Crippen LogP contribution >= 0.6 is 0 Å². The van der Waals surface area contributed by atoms with Crippen LogP contribution in [0.4, 0.5) is 4.70 Å². The molecule has 0 atom stereocenters. The molecule has 0 saturated heterocycles. The summed E-state index contributed by atoms with van der Waals surface area (Å²) in [7, 11) is 0. The maximum absolute atomic E-state index is 0. The number of halogens is 1. The van der Waals surface area contributed by atoms with Gasteiger partial charge >= 0.3 is 71.5 Å². The zero-order valence-electron chi connectivity index (χ0n) is 0.408. The van der Waals surface area contributed by atoms with Crippen LogP contribution in [0.5, 0.6) is 0 Å². The van der Waals surface area contributed by atoms with Crippen molar-refractivity contribution in [1.29, 1.82) is 0 Å². The Morgan fingerprint density at radius 2 is 1.00 bits per heavy atom. The molecule has 0 fully saturated rings. The van der Waals surface area contributed by atoms with Crippen molar-refractivity contribution in [2.24, 2.45) is 0 Å². The van der Waals surface area contributed by atoms with Gasteiger partial charge in [-0.15, -0.1) is 0 Å². The van der Waals surface area contributed by atoms with Crippen LogP contribution in [0.2, 0.25) is 0 Å². The van der Waals surface area contributed by atoms with Crippen molar-refractivity contribution in [3.05, 3.63) is 0 Å². The molecule has 0 aromatic carbocycles. The maximum atomic E-state index is 0. The summed E-state index contributed by atoms with van der Waals surface area (Å²) in [5.74, 6) is 0. The number of hydrogen-bond acceptors (Lipinski definition) is 0. The zero-order chi connectivity index (χ0) is 0. The van der Waals surface area contributed by atoms with Gasteiger partial charge in [0, 0.05) is 0 Å². The zero-order valence-corrected chi connectivity index (χ0v) is 0.408. The molecule has 0 unspecified atom stereocenters. The van der Waals surface area contributed by atoms with Crippen molar-refractivity contribution >= 4 is 71.5 Å². The van der Waals surface area contributed by atoms with Gasteiger partial charge in [0.25, 0.3) is 0 Å². The summed E-state index contributed by atoms with van der Waals surface area (Å²) in [6.45, 7) is 0. The Morgan fingerprint density at radius 1 is 1.00 bits per heavy atom. The first-order valence-corrected chi connectivity index (χ1v) is 0. The van der Waals surface area contributed by atoms with E-state index in [1.54, 1.807) is 0 Å². The van der Waals surface area contributed by atoms with Gasteiger partial charge in [0.15, 0.2) is 0 Å². The molecule has 16 valence electrons. The molecule has 0 nitrogen and oxygen atoms in total. The second kappa shape index (κ2) is 18.6. The molecule has 0 aliphatic carbocycles. The first-order valence-electron chi connectivity index (χ1n) is 0. The third-order valence-electron chi connectivity index (χ3n) is 0. The third kappa shape index (κ3) is 8.85. The quantitative estimate of drug-likeness (QED) is 0.292. The van der Waals surface area contributed by atoms with Gasteiger partial charge in [0.2, 0.25) is 0 Å². The molecule has 0 amide bonds. The summed E-state index contributed by atoms with van der Waals surface area (Å²) in [6.07, 6.45) is 0. The average molecular weight is 78.3 g/mol. The molecule has 0 aromatic heterocycles. The van der Waals surface area contributed by atoms with Gasteiger partial charge in [-0.25, -0.2) is 0 Å². The molecule has 0 N–H and O–H groups in total. The first-order chi connectivity index (χ1) is 0. The standard InChI is InChI=1S/FH.Li.Mg.Na.4H/h1H;;;;;;;. The minimum absolute atomic E-state index is 0. The van der Waals surface area contributed by atoms with Crippen molar-refractivity contribution in [2.45, 2.75) is 0 Å². The molecule has 0 aliphatic rings. The van der Waals surface area contributed by atoms with E-state index < -0.39 is 0 Å². The molecule has 0 bridgehead atoms. The van der Waals surface area contributed by atoms with Crippen molar-refractivity contribution in [3.8, 4) is 0 Å². The Hall–Kier alpha value is 2.29. The Kier molecular flexibility index (Phi) is 155. The second-order valence-electron chi connectivity index (χ2n) is 0. The summed E-state index contributed by atoms with van der Waals surface area (Å²) in [5.41, 5.74) is 0. The average Bonchev–Trinajstić information content (AvgIpc) is 0. The molecule has 0 aromatic rings. The molecule has 0 rings (SSSR count). The third-order valence-corrected chi connectivity index (χ3v) is 0. The summed E-state index contributed by atoms with van der Waals surface area (Å²) in [4.78, 5) is 0. The van der Waals surface area contributed by atoms with Gasteiger partial charge < -0.3 is 0 Å². The molecular weight excluding hydrogens is 73.2 g/mol. The van der Waals surface area contributed by atoms with Crippen LogP contribution in [-0.2, 0) is 0 Å². The monoisotopic (exact) mass is 78.0 g/mol. The van der Waals surface area contributed by atoms with Crippen molar-refractivity contribution in [2.75, 3.05) is 0 Å². The summed E-state index contributed by atoms with van der Waals surface area (Å²) >= 11 is 0. The van der Waals surface area contributed by atoms with Gasteiger partial charge in [-0.3, -0.25) is 4.70 Å². The van der Waals surface area contributed by atoms with Crippen LogP contribution in [0.25, 0.3) is 0 Å². The molecule has 0 saturated carbocycles. The summed E-state index contributed by atoms with van der Waals surface area (Å²) in [5, 5.41) is 0. The molecule has 0 aliphatic heterocycles. The summed E-state index contributed by atoms with van der Waals surface area (Å²) < 4.78 is 0. The van der Waals surface area contributed by atoms with Crippen LogP contribution < -0.4 is 0 Å². The fourth-order valence-electron chi connectivity index (χ4n) is 0. The van der Waals surface area contributed by atoms with Crippen LogP contribution in [0, 0.1) is 0 Å². The Bertz CT molecular complexity index is 8.00. The van der Waals surface area contributed by atoms with E-state index >= 15 is 0 Å². The predicted octanol–water partition coefficient (Wildman–Crippen LogP) is -2.06. The van der Waals surface area contributed by atoms with Crippen LogP contribution in [0.3, 0.4) is 0 Å². The van der Waals surface area contributed by atoms with Crippen molar-refractivity contribution in [3.63, 3.8) is 0 Å². The fourth-order valence-corrected chi connectivity index (χ4v) is 0. The Morgan fingerprint density at radius 3 is 1.00 bits per heavy atom. The van der Waals surface area contributed by atoms with E-state index in [-0.39, 0.29) is 76.2 Å². The summed E-state index contributed by atoms with van der Waals surface area (Å²) in [6, 6.07) is 0. The SMILES string of the molecule is F.[LiH].[MgH2].[NaH]. The van der Waals surface area contributed by atoms with Crippen molar-refractivity contribution in [1.82, 2.24) is 0 Å². The molecule has 0 radical (unpaired) electrons. The molecule has 4 heteroatoms. The molecule has 0 heterocycles. The van der Waals surface area contributed by atoms with Crippen molar-refractivity contribution < 1.29 is 4.70 Å². The van der Waals surface area contributed by atoms with Gasteiger partial charge in [0.05, 0.1) is 0 Å². The van der Waals surface area contributed by atoms with E-state index in [1.165, 1.54) is 0 Å². The van der Waals surface area contributed by atoms with Gasteiger partial charge in [0.1, 0.15) is 0 Å². The van der Waals surface area contributed by atoms with Crippen LogP contribution in [-0.4, -0.2) is 71.5 Å². The fraction of sp³-hybridized carbons (Fsp3) is 0. The molecule has 0 spiro atoms. The first kappa shape index (κ1) is 33.5. The van der Waals surface area contributed by atoms with E-state index in [0.717, 1.165) is 0 Å². The predicted molar refractivity (Wildman–Crippen MR) is 25.3 cm³/mol. The number of rotatable bonds is 0.